The lowest BCUT2D eigenvalue weighted by atomic mass is 9.94. The summed E-state index contributed by atoms with van der Waals surface area (Å²) in [6.45, 7) is 3.89. The average Bonchev–Trinajstić information content (AvgIpc) is 2.48. The molecule has 1 aliphatic rings. The predicted molar refractivity (Wildman–Crippen MR) is 81.1 cm³/mol. The molecule has 0 bridgehead atoms. The molecule has 1 amide bonds. The zero-order valence-electron chi connectivity index (χ0n) is 12.4. The van der Waals surface area contributed by atoms with Crippen molar-refractivity contribution in [3.8, 4) is 5.75 Å². The Bertz CT molecular complexity index is 606. The number of benzene rings is 1. The van der Waals surface area contributed by atoms with Gasteiger partial charge in [0.1, 0.15) is 18.7 Å². The van der Waals surface area contributed by atoms with Gasteiger partial charge in [-0.2, -0.15) is 4.58 Å². The second-order valence-corrected chi connectivity index (χ2v) is 5.01. The molecule has 0 fully saturated rings. The quantitative estimate of drug-likeness (QED) is 0.790. The van der Waals surface area contributed by atoms with E-state index in [0.717, 1.165) is 22.6 Å². The molecule has 3 heteroatoms. The Morgan fingerprint density at radius 3 is 2.45 bits per heavy atom. The standard InChI is InChI=1S/C17H20NO2/c1-12-11-15(13(2)17(19)18(12)3)8-5-14-6-9-16(20-4)10-7-14/h5-11,13H,1-4H3/q+1/b8-5+. The first-order chi connectivity index (χ1) is 9.52. The van der Waals surface area contributed by atoms with Crippen molar-refractivity contribution in [2.45, 2.75) is 13.8 Å². The molecule has 1 unspecified atom stereocenters. The molecular weight excluding hydrogens is 250 g/mol. The number of allylic oxidation sites excluding steroid dienone is 2. The van der Waals surface area contributed by atoms with Crippen molar-refractivity contribution in [3.05, 3.63) is 47.6 Å². The summed E-state index contributed by atoms with van der Waals surface area (Å²) >= 11 is 0. The minimum atomic E-state index is -0.0989. The van der Waals surface area contributed by atoms with Gasteiger partial charge in [0.05, 0.1) is 7.11 Å². The van der Waals surface area contributed by atoms with Crippen molar-refractivity contribution in [2.75, 3.05) is 14.2 Å². The van der Waals surface area contributed by atoms with Crippen LogP contribution in [0.25, 0.3) is 6.08 Å². The number of amides is 1. The van der Waals surface area contributed by atoms with E-state index in [-0.39, 0.29) is 11.8 Å². The second kappa shape index (κ2) is 5.87. The Hall–Kier alpha value is -2.16. The number of hydrogen-bond acceptors (Lipinski definition) is 2. The van der Waals surface area contributed by atoms with Crippen LogP contribution >= 0.6 is 0 Å². The molecule has 0 saturated heterocycles. The number of rotatable bonds is 3. The van der Waals surface area contributed by atoms with Crippen LogP contribution in [0.3, 0.4) is 0 Å². The molecule has 1 heterocycles. The van der Waals surface area contributed by atoms with Gasteiger partial charge in [-0.25, -0.2) is 4.79 Å². The summed E-state index contributed by atoms with van der Waals surface area (Å²) < 4.78 is 6.84. The molecule has 3 nitrogen and oxygen atoms in total. The van der Waals surface area contributed by atoms with E-state index in [2.05, 4.69) is 6.08 Å². The summed E-state index contributed by atoms with van der Waals surface area (Å²) in [5, 5.41) is 0. The summed E-state index contributed by atoms with van der Waals surface area (Å²) in [5.41, 5.74) is 3.10. The van der Waals surface area contributed by atoms with E-state index in [0.29, 0.717) is 0 Å². The number of methoxy groups -OCH3 is 1. The van der Waals surface area contributed by atoms with Crippen molar-refractivity contribution in [1.29, 1.82) is 0 Å². The Balaban J connectivity index is 2.22. The van der Waals surface area contributed by atoms with E-state index >= 15 is 0 Å². The monoisotopic (exact) mass is 270 g/mol. The van der Waals surface area contributed by atoms with Gasteiger partial charge in [-0.1, -0.05) is 24.3 Å². The highest BCUT2D eigenvalue weighted by molar-refractivity contribution is 5.97. The highest BCUT2D eigenvalue weighted by atomic mass is 16.5. The van der Waals surface area contributed by atoms with Crippen LogP contribution < -0.4 is 4.74 Å². The van der Waals surface area contributed by atoms with E-state index in [4.69, 9.17) is 4.74 Å². The average molecular weight is 270 g/mol. The zero-order chi connectivity index (χ0) is 14.7. The Kier molecular flexibility index (Phi) is 4.18. The molecule has 20 heavy (non-hydrogen) atoms. The first kappa shape index (κ1) is 14.3. The third-order valence-electron chi connectivity index (χ3n) is 3.69. The third-order valence-corrected chi connectivity index (χ3v) is 3.69. The smallest absolute Gasteiger partial charge is 0.394 e. The largest absolute Gasteiger partial charge is 0.497 e. The number of hydrogen-bond donors (Lipinski definition) is 0. The van der Waals surface area contributed by atoms with Gasteiger partial charge in [0, 0.05) is 13.0 Å². The third kappa shape index (κ3) is 2.87. The maximum Gasteiger partial charge on any atom is 0.394 e. The van der Waals surface area contributed by atoms with Gasteiger partial charge >= 0.3 is 5.91 Å². The molecule has 0 aromatic heterocycles. The molecule has 1 aromatic carbocycles. The number of ether oxygens (including phenoxy) is 1. The first-order valence-corrected chi connectivity index (χ1v) is 6.68. The Morgan fingerprint density at radius 1 is 1.20 bits per heavy atom. The van der Waals surface area contributed by atoms with Crippen LogP contribution in [0.1, 0.15) is 19.4 Å². The summed E-state index contributed by atoms with van der Waals surface area (Å²) in [7, 11) is 3.47. The summed E-state index contributed by atoms with van der Waals surface area (Å²) in [6.07, 6.45) is 6.10. The number of carbonyl (C=O) groups is 1. The van der Waals surface area contributed by atoms with Crippen LogP contribution in [0.2, 0.25) is 0 Å². The summed E-state index contributed by atoms with van der Waals surface area (Å²) in [5.74, 6) is 0.881. The van der Waals surface area contributed by atoms with Crippen LogP contribution in [0.15, 0.2) is 42.0 Å². The molecule has 0 radical (unpaired) electrons. The van der Waals surface area contributed by atoms with Crippen molar-refractivity contribution in [1.82, 2.24) is 0 Å². The highest BCUT2D eigenvalue weighted by Gasteiger charge is 2.30. The SMILES string of the molecule is COc1ccc(/C=C/C2=CC(C)=[N+](C)C(=O)C2C)cc1. The van der Waals surface area contributed by atoms with Crippen molar-refractivity contribution in [3.63, 3.8) is 0 Å². The lowest BCUT2D eigenvalue weighted by Gasteiger charge is -2.13. The zero-order valence-corrected chi connectivity index (χ0v) is 12.4. The molecule has 0 spiro atoms. The van der Waals surface area contributed by atoms with Gasteiger partial charge in [0.15, 0.2) is 5.71 Å². The normalized spacial score (nSPS) is 19.5. The van der Waals surface area contributed by atoms with E-state index in [1.165, 1.54) is 0 Å². The second-order valence-electron chi connectivity index (χ2n) is 5.01. The van der Waals surface area contributed by atoms with Crippen molar-refractivity contribution in [2.24, 2.45) is 5.92 Å². The fourth-order valence-electron chi connectivity index (χ4n) is 2.17. The fraction of sp³-hybridized carbons (Fsp3) is 0.294. The molecule has 2 rings (SSSR count). The minimum absolute atomic E-state index is 0.0989. The fourth-order valence-corrected chi connectivity index (χ4v) is 2.17. The van der Waals surface area contributed by atoms with Gasteiger partial charge in [-0.15, -0.1) is 0 Å². The van der Waals surface area contributed by atoms with E-state index < -0.39 is 0 Å². The van der Waals surface area contributed by atoms with Gasteiger partial charge in [-0.05, 0) is 30.2 Å². The highest BCUT2D eigenvalue weighted by Crippen LogP contribution is 2.20. The molecule has 1 aromatic rings. The lowest BCUT2D eigenvalue weighted by Crippen LogP contribution is -2.32. The minimum Gasteiger partial charge on any atom is -0.497 e. The van der Waals surface area contributed by atoms with Gasteiger partial charge in [-0.3, -0.25) is 0 Å². The van der Waals surface area contributed by atoms with Crippen LogP contribution in [0.4, 0.5) is 0 Å². The number of carbonyl (C=O) groups excluding carboxylic acids is 1. The van der Waals surface area contributed by atoms with Crippen molar-refractivity contribution >= 4 is 17.7 Å². The van der Waals surface area contributed by atoms with Gasteiger partial charge in [0.25, 0.3) is 0 Å². The Labute approximate surface area is 119 Å². The molecular formula is C17H20NO2+. The van der Waals surface area contributed by atoms with E-state index in [1.807, 2.05) is 57.3 Å². The molecule has 1 atom stereocenters. The van der Waals surface area contributed by atoms with Crippen LogP contribution in [0.5, 0.6) is 5.75 Å². The Morgan fingerprint density at radius 2 is 1.85 bits per heavy atom. The van der Waals surface area contributed by atoms with Crippen LogP contribution in [-0.4, -0.2) is 30.4 Å². The molecule has 0 saturated carbocycles. The van der Waals surface area contributed by atoms with Gasteiger partial charge < -0.3 is 4.74 Å². The molecule has 0 N–H and O–H groups in total. The van der Waals surface area contributed by atoms with Crippen LogP contribution in [-0.2, 0) is 4.79 Å². The molecule has 104 valence electrons. The van der Waals surface area contributed by atoms with E-state index in [9.17, 15) is 4.79 Å². The van der Waals surface area contributed by atoms with Gasteiger partial charge in [0.2, 0.25) is 0 Å². The topological polar surface area (TPSA) is 29.3 Å². The summed E-state index contributed by atoms with van der Waals surface area (Å²) in [6, 6.07) is 7.84. The maximum atomic E-state index is 12.1. The molecule has 0 aliphatic carbocycles. The maximum absolute atomic E-state index is 12.1. The van der Waals surface area contributed by atoms with E-state index in [1.54, 1.807) is 11.7 Å². The first-order valence-electron chi connectivity index (χ1n) is 6.68. The predicted octanol–water partition coefficient (Wildman–Crippen LogP) is 2.91. The lowest BCUT2D eigenvalue weighted by molar-refractivity contribution is -0.422. The summed E-state index contributed by atoms with van der Waals surface area (Å²) in [4.78, 5) is 12.1. The van der Waals surface area contributed by atoms with Crippen molar-refractivity contribution < 1.29 is 14.1 Å². The molecule has 1 aliphatic heterocycles. The van der Waals surface area contributed by atoms with Crippen LogP contribution in [0, 0.1) is 5.92 Å². The number of nitrogens with zero attached hydrogens (tertiary/aromatic N) is 1.